The molecule has 0 bridgehead atoms. The van der Waals surface area contributed by atoms with Gasteiger partial charge in [0, 0.05) is 19.5 Å². The van der Waals surface area contributed by atoms with Gasteiger partial charge in [-0.15, -0.1) is 0 Å². The Bertz CT molecular complexity index is 613. The maximum Gasteiger partial charge on any atom is 0.222 e. The van der Waals surface area contributed by atoms with E-state index in [1.54, 1.807) is 18.4 Å². The monoisotopic (exact) mass is 329 g/mol. The van der Waals surface area contributed by atoms with Crippen LogP contribution in [0.1, 0.15) is 36.3 Å². The van der Waals surface area contributed by atoms with Crippen LogP contribution in [0.3, 0.4) is 0 Å². The highest BCUT2D eigenvalue weighted by Gasteiger charge is 2.23. The quantitative estimate of drug-likeness (QED) is 0.827. The number of rotatable bonds is 5. The molecule has 1 aromatic heterocycles. The van der Waals surface area contributed by atoms with Crippen molar-refractivity contribution in [3.05, 3.63) is 52.2 Å². The Morgan fingerprint density at radius 2 is 1.96 bits per heavy atom. The van der Waals surface area contributed by atoms with E-state index < -0.39 is 0 Å². The van der Waals surface area contributed by atoms with E-state index in [0.717, 1.165) is 38.1 Å². The number of methoxy groups -OCH3 is 1. The van der Waals surface area contributed by atoms with Gasteiger partial charge < -0.3 is 9.64 Å². The second kappa shape index (κ2) is 7.64. The van der Waals surface area contributed by atoms with Crippen LogP contribution < -0.4 is 4.74 Å². The molecule has 0 atom stereocenters. The first kappa shape index (κ1) is 16.1. The third-order valence-electron chi connectivity index (χ3n) is 4.65. The van der Waals surface area contributed by atoms with Crippen molar-refractivity contribution < 1.29 is 9.53 Å². The topological polar surface area (TPSA) is 29.5 Å². The smallest absolute Gasteiger partial charge is 0.222 e. The van der Waals surface area contributed by atoms with Crippen LogP contribution in [0, 0.1) is 0 Å². The molecule has 23 heavy (non-hydrogen) atoms. The van der Waals surface area contributed by atoms with Gasteiger partial charge in [0.05, 0.1) is 7.11 Å². The van der Waals surface area contributed by atoms with E-state index in [2.05, 4.69) is 16.8 Å². The van der Waals surface area contributed by atoms with Crippen molar-refractivity contribution in [2.45, 2.75) is 31.6 Å². The molecule has 0 spiro atoms. The summed E-state index contributed by atoms with van der Waals surface area (Å²) < 4.78 is 5.16. The number of thiophene rings is 1. The Labute approximate surface area is 141 Å². The molecule has 3 nitrogen and oxygen atoms in total. The van der Waals surface area contributed by atoms with Crippen LogP contribution in [-0.2, 0) is 11.2 Å². The van der Waals surface area contributed by atoms with E-state index >= 15 is 0 Å². The fourth-order valence-electron chi connectivity index (χ4n) is 3.17. The summed E-state index contributed by atoms with van der Waals surface area (Å²) in [6, 6.07) is 10.2. The average Bonchev–Trinajstić information content (AvgIpc) is 3.15. The minimum Gasteiger partial charge on any atom is -0.497 e. The second-order valence-corrected chi connectivity index (χ2v) is 6.84. The number of amides is 1. The summed E-state index contributed by atoms with van der Waals surface area (Å²) in [5.74, 6) is 1.77. The SMILES string of the molecule is COc1ccc(CCC(=O)N2CCC(c3ccsc3)CC2)cc1. The van der Waals surface area contributed by atoms with Crippen molar-refractivity contribution in [2.24, 2.45) is 0 Å². The zero-order valence-corrected chi connectivity index (χ0v) is 14.3. The molecule has 0 saturated carbocycles. The molecule has 2 heterocycles. The Hall–Kier alpha value is -1.81. The Morgan fingerprint density at radius 3 is 2.57 bits per heavy atom. The Balaban J connectivity index is 1.45. The van der Waals surface area contributed by atoms with Gasteiger partial charge in [-0.25, -0.2) is 0 Å². The third-order valence-corrected chi connectivity index (χ3v) is 5.35. The van der Waals surface area contributed by atoms with Crippen molar-refractivity contribution in [1.29, 1.82) is 0 Å². The molecule has 1 aliphatic rings. The highest BCUT2D eigenvalue weighted by molar-refractivity contribution is 7.07. The lowest BCUT2D eigenvalue weighted by Gasteiger charge is -2.32. The van der Waals surface area contributed by atoms with E-state index in [-0.39, 0.29) is 5.91 Å². The van der Waals surface area contributed by atoms with Crippen LogP contribution in [0.5, 0.6) is 5.75 Å². The van der Waals surface area contributed by atoms with Gasteiger partial charge in [0.25, 0.3) is 0 Å². The zero-order chi connectivity index (χ0) is 16.1. The fourth-order valence-corrected chi connectivity index (χ4v) is 3.91. The molecular formula is C19H23NO2S. The number of aryl methyl sites for hydroxylation is 1. The number of carbonyl (C=O) groups excluding carboxylic acids is 1. The summed E-state index contributed by atoms with van der Waals surface area (Å²) in [5.41, 5.74) is 2.63. The van der Waals surface area contributed by atoms with Crippen molar-refractivity contribution >= 4 is 17.2 Å². The van der Waals surface area contributed by atoms with Gasteiger partial charge >= 0.3 is 0 Å². The van der Waals surface area contributed by atoms with Crippen LogP contribution in [0.4, 0.5) is 0 Å². The molecule has 122 valence electrons. The van der Waals surface area contributed by atoms with Crippen molar-refractivity contribution in [3.8, 4) is 5.75 Å². The highest BCUT2D eigenvalue weighted by atomic mass is 32.1. The maximum absolute atomic E-state index is 12.4. The standard InChI is InChI=1S/C19H23NO2S/c1-22-18-5-2-15(3-6-18)4-7-19(21)20-11-8-16(9-12-20)17-10-13-23-14-17/h2-3,5-6,10,13-14,16H,4,7-9,11-12H2,1H3. The van der Waals surface area contributed by atoms with E-state index in [9.17, 15) is 4.79 Å². The molecule has 1 saturated heterocycles. The largest absolute Gasteiger partial charge is 0.497 e. The molecule has 0 unspecified atom stereocenters. The number of likely N-dealkylation sites (tertiary alicyclic amines) is 1. The second-order valence-electron chi connectivity index (χ2n) is 6.06. The van der Waals surface area contributed by atoms with Crippen LogP contribution in [-0.4, -0.2) is 31.0 Å². The molecule has 1 amide bonds. The minimum absolute atomic E-state index is 0.282. The highest BCUT2D eigenvalue weighted by Crippen LogP contribution is 2.29. The van der Waals surface area contributed by atoms with Crippen LogP contribution in [0.2, 0.25) is 0 Å². The molecule has 3 rings (SSSR count). The lowest BCUT2D eigenvalue weighted by Crippen LogP contribution is -2.37. The predicted octanol–water partition coefficient (Wildman–Crippen LogP) is 4.10. The molecule has 0 N–H and O–H groups in total. The number of carbonyl (C=O) groups is 1. The Morgan fingerprint density at radius 1 is 1.22 bits per heavy atom. The maximum atomic E-state index is 12.4. The molecule has 1 aromatic carbocycles. The lowest BCUT2D eigenvalue weighted by atomic mass is 9.91. The normalized spacial score (nSPS) is 15.6. The molecule has 0 radical (unpaired) electrons. The number of hydrogen-bond acceptors (Lipinski definition) is 3. The summed E-state index contributed by atoms with van der Waals surface area (Å²) in [5, 5.41) is 4.38. The average molecular weight is 329 g/mol. The van der Waals surface area contributed by atoms with Gasteiger partial charge in [-0.1, -0.05) is 12.1 Å². The number of piperidine rings is 1. The minimum atomic E-state index is 0.282. The predicted molar refractivity (Wildman–Crippen MR) is 94.2 cm³/mol. The van der Waals surface area contributed by atoms with Crippen LogP contribution >= 0.6 is 11.3 Å². The summed E-state index contributed by atoms with van der Waals surface area (Å²) >= 11 is 1.76. The number of nitrogens with zero attached hydrogens (tertiary/aromatic N) is 1. The molecular weight excluding hydrogens is 306 g/mol. The molecule has 0 aliphatic carbocycles. The van der Waals surface area contributed by atoms with Crippen LogP contribution in [0.15, 0.2) is 41.1 Å². The van der Waals surface area contributed by atoms with E-state index in [1.807, 2.05) is 29.2 Å². The van der Waals surface area contributed by atoms with Gasteiger partial charge in [-0.2, -0.15) is 11.3 Å². The third kappa shape index (κ3) is 4.14. The van der Waals surface area contributed by atoms with Crippen LogP contribution in [0.25, 0.3) is 0 Å². The summed E-state index contributed by atoms with van der Waals surface area (Å²) in [7, 11) is 1.66. The van der Waals surface area contributed by atoms with E-state index in [0.29, 0.717) is 12.3 Å². The summed E-state index contributed by atoms with van der Waals surface area (Å²) in [6.45, 7) is 1.78. The fraction of sp³-hybridized carbons (Fsp3) is 0.421. The van der Waals surface area contributed by atoms with Gasteiger partial charge in [-0.3, -0.25) is 4.79 Å². The van der Waals surface area contributed by atoms with Gasteiger partial charge in [-0.05, 0) is 65.3 Å². The summed E-state index contributed by atoms with van der Waals surface area (Å²) in [4.78, 5) is 14.4. The molecule has 1 aliphatic heterocycles. The van der Waals surface area contributed by atoms with E-state index in [1.165, 1.54) is 11.1 Å². The Kier molecular flexibility index (Phi) is 5.34. The zero-order valence-electron chi connectivity index (χ0n) is 13.5. The molecule has 1 fully saturated rings. The first-order chi connectivity index (χ1) is 11.3. The van der Waals surface area contributed by atoms with Crippen molar-refractivity contribution in [1.82, 2.24) is 4.90 Å². The first-order valence-corrected chi connectivity index (χ1v) is 9.13. The van der Waals surface area contributed by atoms with Gasteiger partial charge in [0.15, 0.2) is 0 Å². The van der Waals surface area contributed by atoms with Crippen molar-refractivity contribution in [2.75, 3.05) is 20.2 Å². The summed E-state index contributed by atoms with van der Waals surface area (Å²) in [6.07, 6.45) is 3.57. The van der Waals surface area contributed by atoms with Gasteiger partial charge in [0.1, 0.15) is 5.75 Å². The molecule has 4 heteroatoms. The van der Waals surface area contributed by atoms with E-state index in [4.69, 9.17) is 4.74 Å². The van der Waals surface area contributed by atoms with Crippen molar-refractivity contribution in [3.63, 3.8) is 0 Å². The van der Waals surface area contributed by atoms with Gasteiger partial charge in [0.2, 0.25) is 5.91 Å². The number of benzene rings is 1. The lowest BCUT2D eigenvalue weighted by molar-refractivity contribution is -0.132. The number of ether oxygens (including phenoxy) is 1. The molecule has 2 aromatic rings. The first-order valence-electron chi connectivity index (χ1n) is 8.19. The number of hydrogen-bond donors (Lipinski definition) is 0.